The van der Waals surface area contributed by atoms with Crippen molar-refractivity contribution in [1.29, 1.82) is 0 Å². The van der Waals surface area contributed by atoms with E-state index in [1.54, 1.807) is 0 Å². The topological polar surface area (TPSA) is 169 Å². The van der Waals surface area contributed by atoms with Crippen LogP contribution in [0.1, 0.15) is 34.1 Å². The van der Waals surface area contributed by atoms with Gasteiger partial charge in [0.2, 0.25) is 11.8 Å². The summed E-state index contributed by atoms with van der Waals surface area (Å²) < 4.78 is 40.7. The summed E-state index contributed by atoms with van der Waals surface area (Å²) >= 11 is 5.69. The molecule has 1 saturated carbocycles. The second kappa shape index (κ2) is 9.78. The molecule has 0 spiro atoms. The molecule has 2 heterocycles. The van der Waals surface area contributed by atoms with Crippen LogP contribution in [0, 0.1) is 5.41 Å². The number of carbonyl (C=O) groups excluding carboxylic acids is 2. The summed E-state index contributed by atoms with van der Waals surface area (Å²) in [5.41, 5.74) is 1.88. The monoisotopic (exact) mass is 550 g/mol. The molecule has 2 unspecified atom stereocenters. The van der Waals surface area contributed by atoms with Crippen LogP contribution < -0.4 is 21.9 Å². The number of anilines is 2. The van der Waals surface area contributed by atoms with E-state index in [1.807, 2.05) is 0 Å². The van der Waals surface area contributed by atoms with E-state index in [2.05, 4.69) is 20.7 Å². The fourth-order valence-corrected chi connectivity index (χ4v) is 4.05. The molecule has 2 atom stereocenters. The Balaban J connectivity index is 1.44. The molecule has 1 aliphatic carbocycles. The van der Waals surface area contributed by atoms with Gasteiger partial charge < -0.3 is 21.5 Å². The van der Waals surface area contributed by atoms with E-state index < -0.39 is 46.5 Å². The lowest BCUT2D eigenvalue weighted by Gasteiger charge is -2.16. The van der Waals surface area contributed by atoms with Crippen LogP contribution in [0.25, 0.3) is 0 Å². The number of aromatic carboxylic acids is 1. The minimum absolute atomic E-state index is 0.0725. The Labute approximate surface area is 216 Å². The first-order valence-electron chi connectivity index (χ1n) is 10.8. The van der Waals surface area contributed by atoms with Crippen molar-refractivity contribution in [1.82, 2.24) is 20.1 Å². The summed E-state index contributed by atoms with van der Waals surface area (Å²) in [6.45, 7) is -0.157. The van der Waals surface area contributed by atoms with Crippen molar-refractivity contribution in [3.8, 4) is 0 Å². The van der Waals surface area contributed by atoms with Crippen molar-refractivity contribution in [3.63, 3.8) is 0 Å². The fraction of sp³-hybridized carbons (Fsp3) is 0.217. The molecule has 11 nitrogen and oxygen atoms in total. The van der Waals surface area contributed by atoms with Crippen LogP contribution in [0.5, 0.6) is 0 Å². The lowest BCUT2D eigenvalue weighted by atomic mass is 10.0. The number of nitrogens with one attached hydrogen (secondary N) is 2. The van der Waals surface area contributed by atoms with Crippen LogP contribution in [0.2, 0.25) is 5.02 Å². The van der Waals surface area contributed by atoms with Crippen LogP contribution in [0.4, 0.5) is 24.5 Å². The van der Waals surface area contributed by atoms with Crippen LogP contribution in [0.3, 0.4) is 0 Å². The highest BCUT2D eigenvalue weighted by atomic mass is 35.5. The second-order valence-electron chi connectivity index (χ2n) is 8.42. The molecule has 198 valence electrons. The zero-order valence-corrected chi connectivity index (χ0v) is 19.9. The van der Waals surface area contributed by atoms with Gasteiger partial charge in [0.1, 0.15) is 0 Å². The average Bonchev–Trinajstić information content (AvgIpc) is 3.61. The highest BCUT2D eigenvalue weighted by molar-refractivity contribution is 6.30. The average molecular weight is 551 g/mol. The number of amides is 2. The third-order valence-electron chi connectivity index (χ3n) is 5.96. The molecular formula is C23H18ClF3N6O5. The van der Waals surface area contributed by atoms with Gasteiger partial charge in [0.15, 0.2) is 5.41 Å². The fourth-order valence-electron chi connectivity index (χ4n) is 3.88. The van der Waals surface area contributed by atoms with Gasteiger partial charge in [-0.05, 0) is 36.8 Å². The molecule has 4 rings (SSSR count). The Morgan fingerprint density at radius 1 is 1.18 bits per heavy atom. The molecule has 3 aromatic rings. The van der Waals surface area contributed by atoms with Crippen molar-refractivity contribution in [3.05, 3.63) is 81.0 Å². The number of alkyl halides is 3. The minimum atomic E-state index is -4.64. The zero-order valence-electron chi connectivity index (χ0n) is 19.1. The quantitative estimate of drug-likeness (QED) is 0.310. The zero-order chi connectivity index (χ0) is 27.8. The maximum absolute atomic E-state index is 13.3. The molecule has 0 bridgehead atoms. The number of nitrogens with two attached hydrogens (primary N) is 1. The van der Waals surface area contributed by atoms with Crippen LogP contribution in [-0.2, 0) is 22.3 Å². The lowest BCUT2D eigenvalue weighted by Crippen LogP contribution is -2.43. The van der Waals surface area contributed by atoms with Crippen molar-refractivity contribution in [2.24, 2.45) is 11.1 Å². The summed E-state index contributed by atoms with van der Waals surface area (Å²) in [7, 11) is 0. The van der Waals surface area contributed by atoms with Gasteiger partial charge >= 0.3 is 12.1 Å². The van der Waals surface area contributed by atoms with Gasteiger partial charge in [-0.1, -0.05) is 11.6 Å². The number of pyridine rings is 1. The molecule has 15 heteroatoms. The number of carbonyl (C=O) groups is 3. The van der Waals surface area contributed by atoms with Crippen LogP contribution in [0.15, 0.2) is 53.6 Å². The van der Waals surface area contributed by atoms with E-state index in [-0.39, 0.29) is 34.9 Å². The summed E-state index contributed by atoms with van der Waals surface area (Å²) in [6.07, 6.45) is -2.58. The first-order valence-corrected chi connectivity index (χ1v) is 11.2. The highest BCUT2D eigenvalue weighted by Crippen LogP contribution is 2.55. The van der Waals surface area contributed by atoms with Gasteiger partial charge in [-0.15, -0.1) is 0 Å². The lowest BCUT2D eigenvalue weighted by molar-refractivity contribution is -0.137. The number of hydrogen-bond donors (Lipinski definition) is 4. The van der Waals surface area contributed by atoms with Gasteiger partial charge in [-0.3, -0.25) is 19.4 Å². The Kier molecular flexibility index (Phi) is 6.84. The SMILES string of the molecule is NC(=O)C1(C(=O)NCc2ccc(Nc3ccc(Cl)cc3C(F)(F)F)cn2)CC1n1ncc(C(=O)O)cc1=O. The molecule has 1 fully saturated rings. The van der Waals surface area contributed by atoms with E-state index in [0.29, 0.717) is 5.69 Å². The molecule has 0 radical (unpaired) electrons. The first-order chi connectivity index (χ1) is 17.8. The number of carboxylic acid groups (broad SMARTS) is 1. The maximum Gasteiger partial charge on any atom is 0.418 e. The predicted molar refractivity (Wildman–Crippen MR) is 127 cm³/mol. The predicted octanol–water partition coefficient (Wildman–Crippen LogP) is 2.49. The number of benzene rings is 1. The first kappa shape index (κ1) is 26.6. The van der Waals surface area contributed by atoms with Gasteiger partial charge in [0.05, 0.1) is 53.2 Å². The molecule has 1 aromatic carbocycles. The van der Waals surface area contributed by atoms with E-state index in [1.165, 1.54) is 30.5 Å². The number of carboxylic acids is 1. The largest absolute Gasteiger partial charge is 0.478 e. The third kappa shape index (κ3) is 5.16. The number of aromatic nitrogens is 3. The number of halogens is 4. The van der Waals surface area contributed by atoms with E-state index >= 15 is 0 Å². The number of rotatable bonds is 8. The Hall–Kier alpha value is -4.46. The summed E-state index contributed by atoms with van der Waals surface area (Å²) in [4.78, 5) is 52.4. The summed E-state index contributed by atoms with van der Waals surface area (Å²) in [5.74, 6) is -3.14. The number of primary amides is 1. The highest BCUT2D eigenvalue weighted by Gasteiger charge is 2.67. The van der Waals surface area contributed by atoms with Crippen molar-refractivity contribution in [2.45, 2.75) is 25.2 Å². The van der Waals surface area contributed by atoms with Gasteiger partial charge in [-0.2, -0.15) is 18.3 Å². The summed E-state index contributed by atoms with van der Waals surface area (Å²) in [5, 5.41) is 17.8. The number of hydrogen-bond acceptors (Lipinski definition) is 7. The smallest absolute Gasteiger partial charge is 0.418 e. The van der Waals surface area contributed by atoms with Gasteiger partial charge in [0.25, 0.3) is 5.56 Å². The molecule has 1 aliphatic rings. The standard InChI is InChI=1S/C23H18ClF3N6O5/c24-12-1-4-16(15(6-12)23(25,26)27)32-14-3-2-13(29-10-14)9-30-21(38)22(20(28)37)7-17(22)33-18(34)5-11(8-31-33)19(35)36/h1-6,8,10,17,32H,7,9H2,(H2,28,37)(H,30,38)(H,35,36). The normalized spacial score (nSPS) is 18.5. The van der Waals surface area contributed by atoms with Crippen LogP contribution in [-0.4, -0.2) is 37.7 Å². The van der Waals surface area contributed by atoms with E-state index in [9.17, 15) is 32.3 Å². The molecule has 0 saturated heterocycles. The molecule has 2 amide bonds. The Morgan fingerprint density at radius 2 is 1.92 bits per heavy atom. The second-order valence-corrected chi connectivity index (χ2v) is 8.86. The van der Waals surface area contributed by atoms with Crippen molar-refractivity contribution < 1.29 is 32.7 Å². The van der Waals surface area contributed by atoms with E-state index in [0.717, 1.165) is 23.0 Å². The van der Waals surface area contributed by atoms with Crippen molar-refractivity contribution >= 4 is 40.8 Å². The molecule has 2 aromatic heterocycles. The molecule has 0 aliphatic heterocycles. The van der Waals surface area contributed by atoms with Crippen molar-refractivity contribution in [2.75, 3.05) is 5.32 Å². The summed E-state index contributed by atoms with van der Waals surface area (Å²) in [6, 6.07) is 6.00. The molecular weight excluding hydrogens is 533 g/mol. The Morgan fingerprint density at radius 3 is 2.50 bits per heavy atom. The molecule has 5 N–H and O–H groups in total. The molecule has 38 heavy (non-hydrogen) atoms. The third-order valence-corrected chi connectivity index (χ3v) is 6.19. The van der Waals surface area contributed by atoms with E-state index in [4.69, 9.17) is 22.4 Å². The maximum atomic E-state index is 13.3. The minimum Gasteiger partial charge on any atom is -0.478 e. The van der Waals surface area contributed by atoms with Gasteiger partial charge in [-0.25, -0.2) is 9.48 Å². The van der Waals surface area contributed by atoms with Gasteiger partial charge in [0, 0.05) is 11.1 Å². The number of nitrogens with zero attached hydrogens (tertiary/aromatic N) is 3. The Bertz CT molecular complexity index is 1490. The van der Waals surface area contributed by atoms with Crippen LogP contribution >= 0.6 is 11.6 Å².